The molecule has 0 saturated carbocycles. The molecular formula is C14H19N3O2. The first kappa shape index (κ1) is 13.5. The summed E-state index contributed by atoms with van der Waals surface area (Å²) < 4.78 is 10.3. The number of nitrogens with two attached hydrogens (primary N) is 1. The summed E-state index contributed by atoms with van der Waals surface area (Å²) in [6, 6.07) is 7.90. The van der Waals surface area contributed by atoms with Gasteiger partial charge in [0.15, 0.2) is 5.82 Å². The summed E-state index contributed by atoms with van der Waals surface area (Å²) in [5.74, 6) is 2.13. The van der Waals surface area contributed by atoms with Crippen molar-refractivity contribution in [1.29, 1.82) is 0 Å². The van der Waals surface area contributed by atoms with Crippen molar-refractivity contribution < 1.29 is 9.26 Å². The Morgan fingerprint density at radius 1 is 1.32 bits per heavy atom. The van der Waals surface area contributed by atoms with Crippen molar-refractivity contribution in [3.05, 3.63) is 41.5 Å². The number of aromatic nitrogens is 2. The molecule has 0 aliphatic rings. The van der Waals surface area contributed by atoms with Gasteiger partial charge in [0.2, 0.25) is 5.89 Å². The van der Waals surface area contributed by atoms with Crippen molar-refractivity contribution in [3.63, 3.8) is 0 Å². The minimum absolute atomic E-state index is 0.0780. The molecule has 1 aromatic carbocycles. The van der Waals surface area contributed by atoms with Crippen LogP contribution >= 0.6 is 0 Å². The summed E-state index contributed by atoms with van der Waals surface area (Å²) in [5.41, 5.74) is 6.98. The van der Waals surface area contributed by atoms with Crippen LogP contribution in [0.3, 0.4) is 0 Å². The molecule has 0 amide bonds. The van der Waals surface area contributed by atoms with E-state index in [-0.39, 0.29) is 6.04 Å². The predicted molar refractivity (Wildman–Crippen MR) is 72.1 cm³/mol. The molecular weight excluding hydrogens is 242 g/mol. The summed E-state index contributed by atoms with van der Waals surface area (Å²) in [6.07, 6.45) is 2.18. The molecule has 0 spiro atoms. The van der Waals surface area contributed by atoms with Crippen molar-refractivity contribution in [2.45, 2.75) is 32.2 Å². The molecule has 0 fully saturated rings. The standard InChI is InChI=1S/C14H19N3O2/c1-3-11(15)9-14-16-13(17-19-14)8-10-4-6-12(18-2)7-5-10/h4-7,11H,3,8-9,15H2,1-2H3. The molecule has 0 saturated heterocycles. The van der Waals surface area contributed by atoms with E-state index in [9.17, 15) is 0 Å². The SMILES string of the molecule is CCC(N)Cc1nc(Cc2ccc(OC)cc2)no1. The average molecular weight is 261 g/mol. The van der Waals surface area contributed by atoms with Crippen LogP contribution in [0, 0.1) is 0 Å². The van der Waals surface area contributed by atoms with Crippen LogP contribution in [0.15, 0.2) is 28.8 Å². The molecule has 2 N–H and O–H groups in total. The minimum atomic E-state index is 0.0780. The minimum Gasteiger partial charge on any atom is -0.497 e. The maximum Gasteiger partial charge on any atom is 0.228 e. The first-order chi connectivity index (χ1) is 9.21. The van der Waals surface area contributed by atoms with Crippen LogP contribution in [-0.2, 0) is 12.8 Å². The molecule has 5 heteroatoms. The molecule has 1 aromatic heterocycles. The van der Waals surface area contributed by atoms with Gasteiger partial charge < -0.3 is 15.0 Å². The van der Waals surface area contributed by atoms with Crippen molar-refractivity contribution in [3.8, 4) is 5.75 Å². The first-order valence-electron chi connectivity index (χ1n) is 6.41. The fourth-order valence-electron chi connectivity index (χ4n) is 1.74. The van der Waals surface area contributed by atoms with Gasteiger partial charge in [0.05, 0.1) is 7.11 Å². The molecule has 0 bridgehead atoms. The zero-order valence-corrected chi connectivity index (χ0v) is 11.3. The molecule has 102 valence electrons. The molecule has 1 heterocycles. The third-order valence-corrected chi connectivity index (χ3v) is 2.99. The van der Waals surface area contributed by atoms with Gasteiger partial charge >= 0.3 is 0 Å². The monoisotopic (exact) mass is 261 g/mol. The lowest BCUT2D eigenvalue weighted by molar-refractivity contribution is 0.363. The van der Waals surface area contributed by atoms with E-state index in [1.807, 2.05) is 31.2 Å². The molecule has 2 rings (SSSR count). The fraction of sp³-hybridized carbons (Fsp3) is 0.429. The lowest BCUT2D eigenvalue weighted by Crippen LogP contribution is -2.21. The smallest absolute Gasteiger partial charge is 0.228 e. The quantitative estimate of drug-likeness (QED) is 0.860. The van der Waals surface area contributed by atoms with Gasteiger partial charge in [-0.05, 0) is 24.1 Å². The Bertz CT molecular complexity index is 508. The van der Waals surface area contributed by atoms with E-state index >= 15 is 0 Å². The number of nitrogens with zero attached hydrogens (tertiary/aromatic N) is 2. The van der Waals surface area contributed by atoms with Crippen molar-refractivity contribution in [2.75, 3.05) is 7.11 Å². The van der Waals surface area contributed by atoms with Crippen LogP contribution in [0.25, 0.3) is 0 Å². The van der Waals surface area contributed by atoms with Gasteiger partial charge in [-0.15, -0.1) is 0 Å². The Morgan fingerprint density at radius 2 is 2.05 bits per heavy atom. The topological polar surface area (TPSA) is 74.2 Å². The van der Waals surface area contributed by atoms with Gasteiger partial charge in [-0.2, -0.15) is 4.98 Å². The Hall–Kier alpha value is -1.88. The molecule has 1 atom stereocenters. The maximum absolute atomic E-state index is 5.86. The molecule has 1 unspecified atom stereocenters. The van der Waals surface area contributed by atoms with E-state index < -0.39 is 0 Å². The molecule has 0 aliphatic carbocycles. The van der Waals surface area contributed by atoms with Crippen LogP contribution in [0.4, 0.5) is 0 Å². The van der Waals surface area contributed by atoms with Gasteiger partial charge in [0, 0.05) is 18.9 Å². The first-order valence-corrected chi connectivity index (χ1v) is 6.41. The van der Waals surface area contributed by atoms with E-state index in [0.717, 1.165) is 17.7 Å². The number of methoxy groups -OCH3 is 1. The lowest BCUT2D eigenvalue weighted by atomic mass is 10.1. The van der Waals surface area contributed by atoms with E-state index in [2.05, 4.69) is 10.1 Å². The Balaban J connectivity index is 1.98. The number of ether oxygens (including phenoxy) is 1. The summed E-state index contributed by atoms with van der Waals surface area (Å²) in [5, 5.41) is 3.97. The van der Waals surface area contributed by atoms with Gasteiger partial charge in [0.25, 0.3) is 0 Å². The zero-order chi connectivity index (χ0) is 13.7. The van der Waals surface area contributed by atoms with Gasteiger partial charge in [0.1, 0.15) is 5.75 Å². The second-order valence-corrected chi connectivity index (χ2v) is 4.50. The zero-order valence-electron chi connectivity index (χ0n) is 11.3. The van der Waals surface area contributed by atoms with E-state index in [0.29, 0.717) is 24.6 Å². The van der Waals surface area contributed by atoms with Gasteiger partial charge in [-0.3, -0.25) is 0 Å². The largest absolute Gasteiger partial charge is 0.497 e. The Morgan fingerprint density at radius 3 is 2.68 bits per heavy atom. The highest BCUT2D eigenvalue weighted by atomic mass is 16.5. The molecule has 19 heavy (non-hydrogen) atoms. The van der Waals surface area contributed by atoms with Gasteiger partial charge in [-0.1, -0.05) is 24.2 Å². The summed E-state index contributed by atoms with van der Waals surface area (Å²) in [4.78, 5) is 4.35. The highest BCUT2D eigenvalue weighted by molar-refractivity contribution is 5.28. The second-order valence-electron chi connectivity index (χ2n) is 4.50. The van der Waals surface area contributed by atoms with Crippen LogP contribution in [0.5, 0.6) is 5.75 Å². The molecule has 5 nitrogen and oxygen atoms in total. The molecule has 0 radical (unpaired) electrons. The summed E-state index contributed by atoms with van der Waals surface area (Å²) in [7, 11) is 1.65. The number of hydrogen-bond donors (Lipinski definition) is 1. The Kier molecular flexibility index (Phi) is 4.52. The second kappa shape index (κ2) is 6.33. The number of benzene rings is 1. The Labute approximate surface area is 112 Å². The van der Waals surface area contributed by atoms with Crippen molar-refractivity contribution in [1.82, 2.24) is 10.1 Å². The van der Waals surface area contributed by atoms with Crippen molar-refractivity contribution in [2.24, 2.45) is 5.73 Å². The highest BCUT2D eigenvalue weighted by Crippen LogP contribution is 2.14. The van der Waals surface area contributed by atoms with E-state index in [4.69, 9.17) is 15.0 Å². The molecule has 0 aliphatic heterocycles. The van der Waals surface area contributed by atoms with Crippen LogP contribution in [0.1, 0.15) is 30.6 Å². The number of hydrogen-bond acceptors (Lipinski definition) is 5. The summed E-state index contributed by atoms with van der Waals surface area (Å²) in [6.45, 7) is 2.04. The van der Waals surface area contributed by atoms with Crippen molar-refractivity contribution >= 4 is 0 Å². The van der Waals surface area contributed by atoms with Crippen LogP contribution < -0.4 is 10.5 Å². The molecule has 2 aromatic rings. The van der Waals surface area contributed by atoms with E-state index in [1.165, 1.54) is 0 Å². The predicted octanol–water partition coefficient (Wildman–Crippen LogP) is 1.95. The normalized spacial score (nSPS) is 12.4. The van der Waals surface area contributed by atoms with Crippen LogP contribution in [-0.4, -0.2) is 23.3 Å². The third kappa shape index (κ3) is 3.79. The van der Waals surface area contributed by atoms with Crippen LogP contribution in [0.2, 0.25) is 0 Å². The highest BCUT2D eigenvalue weighted by Gasteiger charge is 2.10. The lowest BCUT2D eigenvalue weighted by Gasteiger charge is -2.02. The fourth-order valence-corrected chi connectivity index (χ4v) is 1.74. The van der Waals surface area contributed by atoms with E-state index in [1.54, 1.807) is 7.11 Å². The summed E-state index contributed by atoms with van der Waals surface area (Å²) >= 11 is 0. The van der Waals surface area contributed by atoms with Gasteiger partial charge in [-0.25, -0.2) is 0 Å². The average Bonchev–Trinajstić information content (AvgIpc) is 2.86. The number of rotatable bonds is 6. The third-order valence-electron chi connectivity index (χ3n) is 2.99. The maximum atomic E-state index is 5.86.